The summed E-state index contributed by atoms with van der Waals surface area (Å²) in [5.74, 6) is -0.982. The minimum absolute atomic E-state index is 0.0759. The summed E-state index contributed by atoms with van der Waals surface area (Å²) < 4.78 is 0. The van der Waals surface area contributed by atoms with E-state index >= 15 is 0 Å². The minimum Gasteiger partial charge on any atom is -0.480 e. The van der Waals surface area contributed by atoms with Crippen LogP contribution in [0.2, 0.25) is 0 Å². The fraction of sp³-hybridized carbons (Fsp3) is 0.818. The normalized spacial score (nSPS) is 17.4. The van der Waals surface area contributed by atoms with Crippen LogP contribution >= 0.6 is 0 Å². The van der Waals surface area contributed by atoms with Gasteiger partial charge >= 0.3 is 12.0 Å². The average molecular weight is 244 g/mol. The van der Waals surface area contributed by atoms with Gasteiger partial charge in [0.05, 0.1) is 6.61 Å². The van der Waals surface area contributed by atoms with Gasteiger partial charge < -0.3 is 20.4 Å². The van der Waals surface area contributed by atoms with Crippen LogP contribution in [0.3, 0.4) is 0 Å². The first kappa shape index (κ1) is 13.8. The molecule has 1 saturated carbocycles. The summed E-state index contributed by atoms with van der Waals surface area (Å²) in [4.78, 5) is 24.5. The third kappa shape index (κ3) is 2.88. The molecular formula is C11H20N2O4. The zero-order chi connectivity index (χ0) is 13.1. The number of urea groups is 1. The highest BCUT2D eigenvalue weighted by molar-refractivity contribution is 5.87. The van der Waals surface area contributed by atoms with Gasteiger partial charge in [0.15, 0.2) is 0 Å². The van der Waals surface area contributed by atoms with Crippen molar-refractivity contribution in [2.45, 2.75) is 44.7 Å². The van der Waals surface area contributed by atoms with E-state index in [0.717, 1.165) is 6.42 Å². The molecule has 17 heavy (non-hydrogen) atoms. The second kappa shape index (κ2) is 5.35. The zero-order valence-electron chi connectivity index (χ0n) is 10.3. The number of rotatable bonds is 5. The highest BCUT2D eigenvalue weighted by Gasteiger charge is 2.46. The van der Waals surface area contributed by atoms with Gasteiger partial charge in [0.2, 0.25) is 0 Å². The van der Waals surface area contributed by atoms with Crippen molar-refractivity contribution in [3.8, 4) is 0 Å². The van der Waals surface area contributed by atoms with Crippen LogP contribution in [-0.4, -0.2) is 51.8 Å². The summed E-state index contributed by atoms with van der Waals surface area (Å²) in [7, 11) is 0. The van der Waals surface area contributed by atoms with E-state index in [-0.39, 0.29) is 19.2 Å². The predicted molar refractivity (Wildman–Crippen MR) is 61.7 cm³/mol. The number of carboxylic acid groups (broad SMARTS) is 1. The quantitative estimate of drug-likeness (QED) is 0.653. The molecule has 2 amide bonds. The summed E-state index contributed by atoms with van der Waals surface area (Å²) in [6.07, 6.45) is 1.76. The molecule has 1 aliphatic rings. The molecule has 0 radical (unpaired) electrons. The maximum Gasteiger partial charge on any atom is 0.329 e. The van der Waals surface area contributed by atoms with E-state index < -0.39 is 17.5 Å². The molecule has 0 heterocycles. The van der Waals surface area contributed by atoms with Crippen molar-refractivity contribution >= 4 is 12.0 Å². The molecule has 0 spiro atoms. The van der Waals surface area contributed by atoms with E-state index in [9.17, 15) is 9.59 Å². The Balaban J connectivity index is 2.66. The number of aliphatic hydroxyl groups is 1. The predicted octanol–water partition coefficient (Wildman–Crippen LogP) is 0.406. The summed E-state index contributed by atoms with van der Waals surface area (Å²) >= 11 is 0. The van der Waals surface area contributed by atoms with Crippen LogP contribution in [0.15, 0.2) is 0 Å². The van der Waals surface area contributed by atoms with Crippen LogP contribution in [-0.2, 0) is 4.79 Å². The Morgan fingerprint density at radius 2 is 2.00 bits per heavy atom. The van der Waals surface area contributed by atoms with Crippen LogP contribution in [0.25, 0.3) is 0 Å². The molecule has 0 aromatic carbocycles. The third-order valence-corrected chi connectivity index (χ3v) is 3.19. The lowest BCUT2D eigenvalue weighted by Gasteiger charge is -2.40. The molecule has 0 aromatic rings. The first-order valence-electron chi connectivity index (χ1n) is 5.86. The summed E-state index contributed by atoms with van der Waals surface area (Å²) in [6.45, 7) is 3.72. The minimum atomic E-state index is -1.10. The molecular weight excluding hydrogens is 224 g/mol. The third-order valence-electron chi connectivity index (χ3n) is 3.19. The van der Waals surface area contributed by atoms with Crippen molar-refractivity contribution in [2.75, 3.05) is 13.2 Å². The first-order chi connectivity index (χ1) is 7.93. The fourth-order valence-electron chi connectivity index (χ4n) is 1.90. The second-order valence-corrected chi connectivity index (χ2v) is 4.68. The van der Waals surface area contributed by atoms with Gasteiger partial charge in [-0.15, -0.1) is 0 Å². The van der Waals surface area contributed by atoms with Crippen LogP contribution in [0.5, 0.6) is 0 Å². The number of nitrogens with one attached hydrogen (secondary N) is 1. The second-order valence-electron chi connectivity index (χ2n) is 4.68. The topological polar surface area (TPSA) is 89.9 Å². The van der Waals surface area contributed by atoms with Crippen LogP contribution in [0.4, 0.5) is 4.79 Å². The van der Waals surface area contributed by atoms with Crippen molar-refractivity contribution in [2.24, 2.45) is 0 Å². The number of amides is 2. The largest absolute Gasteiger partial charge is 0.480 e. The number of nitrogens with zero attached hydrogens (tertiary/aromatic N) is 1. The van der Waals surface area contributed by atoms with E-state index in [1.807, 2.05) is 13.8 Å². The Kier molecular flexibility index (Phi) is 4.34. The van der Waals surface area contributed by atoms with Gasteiger partial charge in [0, 0.05) is 12.6 Å². The standard InChI is InChI=1S/C11H20N2O4/c1-8(2)13(6-7-14)10(17)12-11(9(15)16)4-3-5-11/h8,14H,3-7H2,1-2H3,(H,12,17)(H,15,16). The molecule has 0 unspecified atom stereocenters. The lowest BCUT2D eigenvalue weighted by atomic mass is 9.77. The number of carbonyl (C=O) groups excluding carboxylic acids is 1. The maximum absolute atomic E-state index is 11.9. The van der Waals surface area contributed by atoms with E-state index in [1.165, 1.54) is 4.90 Å². The van der Waals surface area contributed by atoms with Gasteiger partial charge in [0.1, 0.15) is 5.54 Å². The summed E-state index contributed by atoms with van der Waals surface area (Å²) in [6, 6.07) is -0.496. The van der Waals surface area contributed by atoms with Gasteiger partial charge in [-0.05, 0) is 33.1 Å². The molecule has 1 fully saturated rings. The zero-order valence-corrected chi connectivity index (χ0v) is 10.3. The molecule has 6 heteroatoms. The number of hydrogen-bond acceptors (Lipinski definition) is 3. The van der Waals surface area contributed by atoms with Crippen molar-refractivity contribution in [3.63, 3.8) is 0 Å². The van der Waals surface area contributed by atoms with Gasteiger partial charge in [-0.25, -0.2) is 9.59 Å². The number of hydrogen-bond donors (Lipinski definition) is 3. The van der Waals surface area contributed by atoms with E-state index in [1.54, 1.807) is 0 Å². The van der Waals surface area contributed by atoms with Gasteiger partial charge in [-0.3, -0.25) is 0 Å². The van der Waals surface area contributed by atoms with Crippen LogP contribution < -0.4 is 5.32 Å². The molecule has 98 valence electrons. The van der Waals surface area contributed by atoms with Gasteiger partial charge in [0.25, 0.3) is 0 Å². The molecule has 0 saturated heterocycles. The lowest BCUT2D eigenvalue weighted by Crippen LogP contribution is -2.62. The van der Waals surface area contributed by atoms with E-state index in [2.05, 4.69) is 5.32 Å². The van der Waals surface area contributed by atoms with Crippen molar-refractivity contribution < 1.29 is 19.8 Å². The monoisotopic (exact) mass is 244 g/mol. The summed E-state index contributed by atoms with van der Waals surface area (Å²) in [5, 5.41) is 20.5. The van der Waals surface area contributed by atoms with Crippen LogP contribution in [0.1, 0.15) is 33.1 Å². The fourth-order valence-corrected chi connectivity index (χ4v) is 1.90. The number of carboxylic acids is 1. The molecule has 6 nitrogen and oxygen atoms in total. The van der Waals surface area contributed by atoms with Crippen molar-refractivity contribution in [3.05, 3.63) is 0 Å². The molecule has 1 rings (SSSR count). The SMILES string of the molecule is CC(C)N(CCO)C(=O)NC1(C(=O)O)CCC1. The Bertz CT molecular complexity index is 300. The Morgan fingerprint density at radius 3 is 2.29 bits per heavy atom. The number of aliphatic hydroxyl groups excluding tert-OH is 1. The highest BCUT2D eigenvalue weighted by Crippen LogP contribution is 2.32. The van der Waals surface area contributed by atoms with E-state index in [4.69, 9.17) is 10.2 Å². The smallest absolute Gasteiger partial charge is 0.329 e. The Labute approximate surface area is 101 Å². The number of carbonyl (C=O) groups is 2. The average Bonchev–Trinajstić information content (AvgIpc) is 2.18. The first-order valence-corrected chi connectivity index (χ1v) is 5.86. The molecule has 0 atom stereocenters. The Hall–Kier alpha value is -1.30. The molecule has 3 N–H and O–H groups in total. The molecule has 0 bridgehead atoms. The molecule has 0 aromatic heterocycles. The van der Waals surface area contributed by atoms with Gasteiger partial charge in [-0.2, -0.15) is 0 Å². The Morgan fingerprint density at radius 1 is 1.41 bits per heavy atom. The van der Waals surface area contributed by atoms with Crippen LogP contribution in [0, 0.1) is 0 Å². The van der Waals surface area contributed by atoms with Gasteiger partial charge in [-0.1, -0.05) is 0 Å². The molecule has 0 aliphatic heterocycles. The lowest BCUT2D eigenvalue weighted by molar-refractivity contribution is -0.148. The number of aliphatic carboxylic acids is 1. The van der Waals surface area contributed by atoms with E-state index in [0.29, 0.717) is 12.8 Å². The molecule has 1 aliphatic carbocycles. The van der Waals surface area contributed by atoms with Crippen molar-refractivity contribution in [1.29, 1.82) is 0 Å². The maximum atomic E-state index is 11.9. The van der Waals surface area contributed by atoms with Crippen molar-refractivity contribution in [1.82, 2.24) is 10.2 Å². The summed E-state index contributed by atoms with van der Waals surface area (Å²) in [5.41, 5.74) is -1.10. The highest BCUT2D eigenvalue weighted by atomic mass is 16.4.